The molecular formula is C20H15FN4O3. The summed E-state index contributed by atoms with van der Waals surface area (Å²) in [5.41, 5.74) is 1.53. The highest BCUT2D eigenvalue weighted by Crippen LogP contribution is 2.16. The highest BCUT2D eigenvalue weighted by Gasteiger charge is 2.10. The standard InChI is InChI=1S/C20H15FN4O3/c21-15-6-7-17(14(10-15)11-22)25-20(27)23-12-13-3-1-4-16(9-13)24-19(26)18-5-2-8-28-18/h1-10H,12H2,(H,24,26)(H2,23,25,27). The molecule has 0 atom stereocenters. The number of carbonyl (C=O) groups excluding carboxylic acids is 2. The van der Waals surface area contributed by atoms with Crippen LogP contribution in [-0.4, -0.2) is 11.9 Å². The van der Waals surface area contributed by atoms with Crippen LogP contribution in [0.5, 0.6) is 0 Å². The highest BCUT2D eigenvalue weighted by molar-refractivity contribution is 6.02. The van der Waals surface area contributed by atoms with Crippen molar-refractivity contribution in [3.05, 3.63) is 83.6 Å². The molecule has 1 heterocycles. The number of anilines is 2. The maximum absolute atomic E-state index is 13.1. The lowest BCUT2D eigenvalue weighted by Gasteiger charge is -2.10. The van der Waals surface area contributed by atoms with Gasteiger partial charge in [0.25, 0.3) is 5.91 Å². The smallest absolute Gasteiger partial charge is 0.319 e. The van der Waals surface area contributed by atoms with Gasteiger partial charge >= 0.3 is 6.03 Å². The predicted octanol–water partition coefficient (Wildman–Crippen LogP) is 3.86. The molecule has 7 nitrogen and oxygen atoms in total. The minimum atomic E-state index is -0.559. The van der Waals surface area contributed by atoms with E-state index in [-0.39, 0.29) is 29.5 Å². The number of nitrogens with one attached hydrogen (secondary N) is 3. The van der Waals surface area contributed by atoms with E-state index in [1.54, 1.807) is 36.4 Å². The van der Waals surface area contributed by atoms with Crippen molar-refractivity contribution in [2.24, 2.45) is 0 Å². The van der Waals surface area contributed by atoms with Crippen molar-refractivity contribution in [2.45, 2.75) is 6.54 Å². The van der Waals surface area contributed by atoms with Crippen LogP contribution in [0.4, 0.5) is 20.6 Å². The lowest BCUT2D eigenvalue weighted by molar-refractivity contribution is 0.0996. The molecule has 8 heteroatoms. The summed E-state index contributed by atoms with van der Waals surface area (Å²) in [6.45, 7) is 0.180. The molecular weight excluding hydrogens is 363 g/mol. The van der Waals surface area contributed by atoms with Crippen LogP contribution >= 0.6 is 0 Å². The molecule has 3 N–H and O–H groups in total. The summed E-state index contributed by atoms with van der Waals surface area (Å²) in [5.74, 6) is -0.750. The molecule has 0 radical (unpaired) electrons. The topological polar surface area (TPSA) is 107 Å². The monoisotopic (exact) mass is 378 g/mol. The van der Waals surface area contributed by atoms with Crippen LogP contribution in [0.25, 0.3) is 0 Å². The molecule has 0 aliphatic rings. The maximum Gasteiger partial charge on any atom is 0.319 e. The van der Waals surface area contributed by atoms with E-state index in [0.717, 1.165) is 17.7 Å². The maximum atomic E-state index is 13.1. The summed E-state index contributed by atoms with van der Waals surface area (Å²) < 4.78 is 18.2. The van der Waals surface area contributed by atoms with Crippen molar-refractivity contribution >= 4 is 23.3 Å². The number of furan rings is 1. The first-order chi connectivity index (χ1) is 13.5. The molecule has 0 saturated heterocycles. The van der Waals surface area contributed by atoms with E-state index in [0.29, 0.717) is 5.69 Å². The number of carbonyl (C=O) groups is 2. The zero-order chi connectivity index (χ0) is 19.9. The Balaban J connectivity index is 1.58. The van der Waals surface area contributed by atoms with E-state index in [9.17, 15) is 14.0 Å². The summed E-state index contributed by atoms with van der Waals surface area (Å²) in [6, 6.07) is 14.9. The van der Waals surface area contributed by atoms with Crippen LogP contribution in [0.3, 0.4) is 0 Å². The molecule has 140 valence electrons. The SMILES string of the molecule is N#Cc1cc(F)ccc1NC(=O)NCc1cccc(NC(=O)c2ccco2)c1. The molecule has 0 aliphatic carbocycles. The van der Waals surface area contributed by atoms with Gasteiger partial charge in [-0.25, -0.2) is 9.18 Å². The van der Waals surface area contributed by atoms with Crippen LogP contribution in [-0.2, 0) is 6.54 Å². The molecule has 0 unspecified atom stereocenters. The number of halogens is 1. The van der Waals surface area contributed by atoms with E-state index in [2.05, 4.69) is 16.0 Å². The zero-order valence-corrected chi connectivity index (χ0v) is 14.5. The van der Waals surface area contributed by atoms with Crippen molar-refractivity contribution in [2.75, 3.05) is 10.6 Å². The van der Waals surface area contributed by atoms with Gasteiger partial charge in [-0.05, 0) is 48.0 Å². The zero-order valence-electron chi connectivity index (χ0n) is 14.5. The third-order valence-electron chi connectivity index (χ3n) is 3.73. The largest absolute Gasteiger partial charge is 0.459 e. The number of nitrogens with zero attached hydrogens (tertiary/aromatic N) is 1. The lowest BCUT2D eigenvalue weighted by atomic mass is 10.2. The van der Waals surface area contributed by atoms with Crippen molar-refractivity contribution in [3.8, 4) is 6.07 Å². The van der Waals surface area contributed by atoms with Gasteiger partial charge < -0.3 is 20.4 Å². The molecule has 3 aromatic rings. The number of hydrogen-bond donors (Lipinski definition) is 3. The van der Waals surface area contributed by atoms with Crippen molar-refractivity contribution in [3.63, 3.8) is 0 Å². The summed E-state index contributed by atoms with van der Waals surface area (Å²) in [6.07, 6.45) is 1.41. The second-order valence-corrected chi connectivity index (χ2v) is 5.74. The molecule has 0 spiro atoms. The molecule has 0 fully saturated rings. The fourth-order valence-corrected chi connectivity index (χ4v) is 2.43. The van der Waals surface area contributed by atoms with Gasteiger partial charge in [0.15, 0.2) is 5.76 Å². The quantitative estimate of drug-likeness (QED) is 0.626. The number of nitriles is 1. The Labute approximate surface area is 159 Å². The summed E-state index contributed by atoms with van der Waals surface area (Å²) in [7, 11) is 0. The van der Waals surface area contributed by atoms with Gasteiger partial charge in [-0.3, -0.25) is 4.79 Å². The Morgan fingerprint density at radius 3 is 2.68 bits per heavy atom. The van der Waals surface area contributed by atoms with Gasteiger partial charge in [0.2, 0.25) is 0 Å². The Bertz CT molecular complexity index is 1040. The molecule has 3 amide bonds. The van der Waals surface area contributed by atoms with Crippen LogP contribution in [0.15, 0.2) is 65.3 Å². The molecule has 28 heavy (non-hydrogen) atoms. The Morgan fingerprint density at radius 2 is 1.93 bits per heavy atom. The lowest BCUT2D eigenvalue weighted by Crippen LogP contribution is -2.28. The van der Waals surface area contributed by atoms with Crippen LogP contribution in [0.1, 0.15) is 21.7 Å². The van der Waals surface area contributed by atoms with Gasteiger partial charge in [0, 0.05) is 12.2 Å². The number of urea groups is 1. The second kappa shape index (κ2) is 8.51. The second-order valence-electron chi connectivity index (χ2n) is 5.74. The van der Waals surface area contributed by atoms with Crippen LogP contribution < -0.4 is 16.0 Å². The molecule has 2 aromatic carbocycles. The van der Waals surface area contributed by atoms with E-state index in [4.69, 9.17) is 9.68 Å². The first-order valence-electron chi connectivity index (χ1n) is 8.23. The third-order valence-corrected chi connectivity index (χ3v) is 3.73. The molecule has 0 saturated carbocycles. The van der Waals surface area contributed by atoms with Crippen molar-refractivity contribution in [1.29, 1.82) is 5.26 Å². The van der Waals surface area contributed by atoms with E-state index in [1.807, 2.05) is 6.07 Å². The molecule has 1 aromatic heterocycles. The highest BCUT2D eigenvalue weighted by atomic mass is 19.1. The van der Waals surface area contributed by atoms with Crippen molar-refractivity contribution in [1.82, 2.24) is 5.32 Å². The van der Waals surface area contributed by atoms with Gasteiger partial charge in [0.1, 0.15) is 11.9 Å². The molecule has 0 aliphatic heterocycles. The van der Waals surface area contributed by atoms with Gasteiger partial charge in [-0.2, -0.15) is 5.26 Å². The Kier molecular flexibility index (Phi) is 5.67. The number of benzene rings is 2. The minimum Gasteiger partial charge on any atom is -0.459 e. The average Bonchev–Trinajstić information content (AvgIpc) is 3.23. The summed E-state index contributed by atoms with van der Waals surface area (Å²) in [4.78, 5) is 24.1. The van der Waals surface area contributed by atoms with E-state index >= 15 is 0 Å². The van der Waals surface area contributed by atoms with Crippen LogP contribution in [0.2, 0.25) is 0 Å². The van der Waals surface area contributed by atoms with Gasteiger partial charge in [0.05, 0.1) is 17.5 Å². The summed E-state index contributed by atoms with van der Waals surface area (Å²) in [5, 5.41) is 16.8. The first-order valence-corrected chi connectivity index (χ1v) is 8.23. The van der Waals surface area contributed by atoms with Gasteiger partial charge in [-0.15, -0.1) is 0 Å². The Morgan fingerprint density at radius 1 is 1.07 bits per heavy atom. The predicted molar refractivity (Wildman–Crippen MR) is 100 cm³/mol. The number of rotatable bonds is 5. The molecule has 3 rings (SSSR count). The van der Waals surface area contributed by atoms with E-state index in [1.165, 1.54) is 12.3 Å². The minimum absolute atomic E-state index is 0.0257. The summed E-state index contributed by atoms with van der Waals surface area (Å²) >= 11 is 0. The normalized spacial score (nSPS) is 10.0. The molecule has 0 bridgehead atoms. The van der Waals surface area contributed by atoms with Crippen LogP contribution in [0, 0.1) is 17.1 Å². The first kappa shape index (κ1) is 18.7. The fraction of sp³-hybridized carbons (Fsp3) is 0.0500. The van der Waals surface area contributed by atoms with Crippen molar-refractivity contribution < 1.29 is 18.4 Å². The number of hydrogen-bond acceptors (Lipinski definition) is 4. The number of amides is 3. The average molecular weight is 378 g/mol. The third kappa shape index (κ3) is 4.74. The fourth-order valence-electron chi connectivity index (χ4n) is 2.43. The Hall–Kier alpha value is -4.12. The van der Waals surface area contributed by atoms with E-state index < -0.39 is 11.8 Å². The van der Waals surface area contributed by atoms with Gasteiger partial charge in [-0.1, -0.05) is 12.1 Å².